The largest absolute Gasteiger partial charge is 0.490 e. The summed E-state index contributed by atoms with van der Waals surface area (Å²) in [5.74, 6) is 1.37. The number of ether oxygens (including phenoxy) is 2. The Kier molecular flexibility index (Phi) is 7.04. The third-order valence-electron chi connectivity index (χ3n) is 3.25. The van der Waals surface area contributed by atoms with E-state index in [0.717, 1.165) is 24.8 Å². The zero-order valence-electron chi connectivity index (χ0n) is 13.2. The number of aliphatic hydroxyl groups is 1. The summed E-state index contributed by atoms with van der Waals surface area (Å²) in [5.41, 5.74) is 0.542. The molecule has 21 heavy (non-hydrogen) atoms. The Morgan fingerprint density at radius 1 is 1.19 bits per heavy atom. The first-order valence-electron chi connectivity index (χ1n) is 7.43. The van der Waals surface area contributed by atoms with Gasteiger partial charge in [-0.25, -0.2) is 0 Å². The Bertz CT molecular complexity index is 477. The van der Waals surface area contributed by atoms with E-state index in [9.17, 15) is 0 Å². The highest BCUT2D eigenvalue weighted by atomic mass is 16.5. The van der Waals surface area contributed by atoms with E-state index in [1.165, 1.54) is 0 Å². The van der Waals surface area contributed by atoms with E-state index < -0.39 is 0 Å². The van der Waals surface area contributed by atoms with Gasteiger partial charge in [-0.2, -0.15) is 5.26 Å². The summed E-state index contributed by atoms with van der Waals surface area (Å²) >= 11 is 0. The van der Waals surface area contributed by atoms with Crippen LogP contribution in [0.5, 0.6) is 11.5 Å². The minimum absolute atomic E-state index is 0.0103. The summed E-state index contributed by atoms with van der Waals surface area (Å²) < 4.78 is 11.3. The van der Waals surface area contributed by atoms with Crippen molar-refractivity contribution in [2.75, 3.05) is 13.2 Å². The van der Waals surface area contributed by atoms with Crippen LogP contribution in [0.4, 0.5) is 0 Å². The van der Waals surface area contributed by atoms with E-state index in [4.69, 9.17) is 19.8 Å². The molecule has 0 aromatic heterocycles. The minimum Gasteiger partial charge on any atom is -0.490 e. The lowest BCUT2D eigenvalue weighted by atomic mass is 9.89. The Morgan fingerprint density at radius 3 is 2.57 bits per heavy atom. The van der Waals surface area contributed by atoms with Gasteiger partial charge in [0, 0.05) is 0 Å². The van der Waals surface area contributed by atoms with Crippen molar-refractivity contribution in [3.05, 3.63) is 23.8 Å². The molecule has 0 amide bonds. The van der Waals surface area contributed by atoms with Crippen molar-refractivity contribution in [3.63, 3.8) is 0 Å². The van der Waals surface area contributed by atoms with Gasteiger partial charge in [0.1, 0.15) is 0 Å². The Morgan fingerprint density at radius 2 is 1.95 bits per heavy atom. The van der Waals surface area contributed by atoms with Crippen LogP contribution in [-0.2, 0) is 6.61 Å². The molecule has 4 nitrogen and oxygen atoms in total. The maximum atomic E-state index is 9.14. The molecule has 0 saturated heterocycles. The van der Waals surface area contributed by atoms with Crippen molar-refractivity contribution in [2.24, 2.45) is 5.41 Å². The molecule has 116 valence electrons. The normalized spacial score (nSPS) is 11.0. The third-order valence-corrected chi connectivity index (χ3v) is 3.25. The van der Waals surface area contributed by atoms with Gasteiger partial charge < -0.3 is 14.6 Å². The second-order valence-corrected chi connectivity index (χ2v) is 5.67. The monoisotopic (exact) mass is 291 g/mol. The Hall–Kier alpha value is -1.73. The van der Waals surface area contributed by atoms with Crippen molar-refractivity contribution in [1.82, 2.24) is 0 Å². The van der Waals surface area contributed by atoms with E-state index in [1.54, 1.807) is 6.07 Å². The molecular formula is C17H25NO3. The van der Waals surface area contributed by atoms with Gasteiger partial charge in [-0.3, -0.25) is 0 Å². The zero-order chi connectivity index (χ0) is 15.7. The number of nitrogens with zero attached hydrogens (tertiary/aromatic N) is 1. The second-order valence-electron chi connectivity index (χ2n) is 5.67. The van der Waals surface area contributed by atoms with Gasteiger partial charge in [0.2, 0.25) is 0 Å². The fourth-order valence-corrected chi connectivity index (χ4v) is 1.95. The highest BCUT2D eigenvalue weighted by Gasteiger charge is 2.15. The zero-order valence-corrected chi connectivity index (χ0v) is 13.2. The molecular weight excluding hydrogens is 266 g/mol. The number of aliphatic hydroxyl groups excluding tert-OH is 1. The van der Waals surface area contributed by atoms with Crippen molar-refractivity contribution in [1.29, 1.82) is 5.26 Å². The van der Waals surface area contributed by atoms with E-state index in [-0.39, 0.29) is 12.0 Å². The first kappa shape index (κ1) is 17.3. The molecule has 1 aromatic carbocycles. The van der Waals surface area contributed by atoms with Gasteiger partial charge in [0.15, 0.2) is 11.5 Å². The lowest BCUT2D eigenvalue weighted by molar-refractivity contribution is 0.261. The summed E-state index contributed by atoms with van der Waals surface area (Å²) in [4.78, 5) is 0. The molecule has 0 unspecified atom stereocenters. The molecule has 0 bridgehead atoms. The molecule has 4 heteroatoms. The van der Waals surface area contributed by atoms with Crippen LogP contribution in [0, 0.1) is 16.7 Å². The molecule has 1 aromatic rings. The van der Waals surface area contributed by atoms with Crippen LogP contribution in [0.25, 0.3) is 0 Å². The first-order chi connectivity index (χ1) is 10.0. The van der Waals surface area contributed by atoms with E-state index in [2.05, 4.69) is 6.07 Å². The van der Waals surface area contributed by atoms with Crippen LogP contribution in [0.1, 0.15) is 45.6 Å². The van der Waals surface area contributed by atoms with Gasteiger partial charge in [-0.1, -0.05) is 6.07 Å². The number of hydrogen-bond acceptors (Lipinski definition) is 4. The summed E-state index contributed by atoms with van der Waals surface area (Å²) in [6.07, 6.45) is 2.73. The molecule has 0 heterocycles. The highest BCUT2D eigenvalue weighted by molar-refractivity contribution is 5.42. The molecule has 0 spiro atoms. The molecule has 0 aliphatic carbocycles. The molecule has 0 fully saturated rings. The quantitative estimate of drug-likeness (QED) is 0.705. The van der Waals surface area contributed by atoms with Crippen LogP contribution < -0.4 is 9.47 Å². The van der Waals surface area contributed by atoms with Crippen molar-refractivity contribution in [3.8, 4) is 17.6 Å². The second kappa shape index (κ2) is 8.53. The van der Waals surface area contributed by atoms with Crippen LogP contribution in [0.3, 0.4) is 0 Å². The number of rotatable bonds is 9. The SMILES string of the molecule is CCOc1cc(CO)ccc1OCCCCC(C)(C)C#N. The van der Waals surface area contributed by atoms with Gasteiger partial charge in [-0.15, -0.1) is 0 Å². The van der Waals surface area contributed by atoms with Crippen LogP contribution in [0.2, 0.25) is 0 Å². The average molecular weight is 291 g/mol. The third kappa shape index (κ3) is 6.05. The average Bonchev–Trinajstić information content (AvgIpc) is 2.48. The van der Waals surface area contributed by atoms with Crippen molar-refractivity contribution >= 4 is 0 Å². The van der Waals surface area contributed by atoms with Gasteiger partial charge in [-0.05, 0) is 57.7 Å². The van der Waals surface area contributed by atoms with Crippen LogP contribution in [-0.4, -0.2) is 18.3 Å². The number of benzene rings is 1. The maximum Gasteiger partial charge on any atom is 0.161 e. The predicted octanol–water partition coefficient (Wildman–Crippen LogP) is 3.68. The summed E-state index contributed by atoms with van der Waals surface area (Å²) in [6.45, 7) is 6.97. The fourth-order valence-electron chi connectivity index (χ4n) is 1.95. The van der Waals surface area contributed by atoms with Gasteiger partial charge >= 0.3 is 0 Å². The lowest BCUT2D eigenvalue weighted by Gasteiger charge is -2.15. The first-order valence-corrected chi connectivity index (χ1v) is 7.43. The van der Waals surface area contributed by atoms with E-state index in [0.29, 0.717) is 24.7 Å². The fraction of sp³-hybridized carbons (Fsp3) is 0.588. The summed E-state index contributed by atoms with van der Waals surface area (Å²) in [5, 5.41) is 18.1. The minimum atomic E-state index is -0.265. The smallest absolute Gasteiger partial charge is 0.161 e. The molecule has 0 aliphatic heterocycles. The van der Waals surface area contributed by atoms with Crippen molar-refractivity contribution in [2.45, 2.75) is 46.6 Å². The Labute approximate surface area is 127 Å². The molecule has 1 rings (SSSR count). The molecule has 0 radical (unpaired) electrons. The topological polar surface area (TPSA) is 62.5 Å². The van der Waals surface area contributed by atoms with Gasteiger partial charge in [0.05, 0.1) is 31.3 Å². The lowest BCUT2D eigenvalue weighted by Crippen LogP contribution is -2.08. The van der Waals surface area contributed by atoms with E-state index in [1.807, 2.05) is 32.9 Å². The van der Waals surface area contributed by atoms with Crippen LogP contribution in [0.15, 0.2) is 18.2 Å². The van der Waals surface area contributed by atoms with Crippen molar-refractivity contribution < 1.29 is 14.6 Å². The van der Waals surface area contributed by atoms with Crippen LogP contribution >= 0.6 is 0 Å². The standard InChI is InChI=1S/C17H25NO3/c1-4-20-16-11-14(12-19)7-8-15(16)21-10-6-5-9-17(2,3)13-18/h7-8,11,19H,4-6,9-10,12H2,1-3H3. The summed E-state index contributed by atoms with van der Waals surface area (Å²) in [6, 6.07) is 7.77. The molecule has 0 aliphatic rings. The predicted molar refractivity (Wildman–Crippen MR) is 82.3 cm³/mol. The number of nitriles is 1. The molecule has 1 N–H and O–H groups in total. The Balaban J connectivity index is 2.46. The van der Waals surface area contributed by atoms with Gasteiger partial charge in [0.25, 0.3) is 0 Å². The number of unbranched alkanes of at least 4 members (excludes halogenated alkanes) is 1. The number of hydrogen-bond donors (Lipinski definition) is 1. The molecule has 0 atom stereocenters. The highest BCUT2D eigenvalue weighted by Crippen LogP contribution is 2.29. The molecule has 0 saturated carbocycles. The maximum absolute atomic E-state index is 9.14. The van der Waals surface area contributed by atoms with E-state index >= 15 is 0 Å². The summed E-state index contributed by atoms with van der Waals surface area (Å²) in [7, 11) is 0.